The van der Waals surface area contributed by atoms with Crippen molar-refractivity contribution in [3.05, 3.63) is 40.7 Å². The number of alkyl halides is 3. The summed E-state index contributed by atoms with van der Waals surface area (Å²) in [7, 11) is 0. The molecule has 0 unspecified atom stereocenters. The van der Waals surface area contributed by atoms with Crippen LogP contribution in [-0.4, -0.2) is 41.2 Å². The van der Waals surface area contributed by atoms with Crippen molar-refractivity contribution in [2.75, 3.05) is 18.1 Å². The molecule has 1 amide bonds. The molecule has 0 bridgehead atoms. The molecule has 0 fully saturated rings. The third kappa shape index (κ3) is 4.61. The highest BCUT2D eigenvalue weighted by molar-refractivity contribution is 7.59. The molecule has 0 saturated carbocycles. The summed E-state index contributed by atoms with van der Waals surface area (Å²) < 4.78 is 47.4. The number of rotatable bonds is 4. The molecule has 158 valence electrons. The topological polar surface area (TPSA) is 73.7 Å². The Morgan fingerprint density at radius 3 is 2.66 bits per heavy atom. The van der Waals surface area contributed by atoms with E-state index in [2.05, 4.69) is 9.84 Å². The molecule has 3 rings (SSSR count). The van der Waals surface area contributed by atoms with Crippen LogP contribution < -0.4 is 9.64 Å². The number of amides is 1. The molecule has 0 N–H and O–H groups in total. The van der Waals surface area contributed by atoms with Gasteiger partial charge < -0.3 is 14.4 Å². The Hall–Kier alpha value is -2.40. The standard InChI is InChI=1S/C17H15ClF3N3O4.H2S/c1-3-27-16(26)11-7-22-24-9(2)8-23(15(25)14(11)24)10-4-5-13(12(18)6-10)28-17(19,20)21;/h4-7,9H,3,8H2,1-2H3;1H2/t9-;/m0./s1. The third-order valence-electron chi connectivity index (χ3n) is 4.06. The zero-order chi connectivity index (χ0) is 20.6. The molecule has 1 aliphatic rings. The zero-order valence-electron chi connectivity index (χ0n) is 15.3. The average molecular weight is 452 g/mol. The van der Waals surface area contributed by atoms with Crippen LogP contribution in [-0.2, 0) is 4.74 Å². The van der Waals surface area contributed by atoms with E-state index >= 15 is 0 Å². The minimum Gasteiger partial charge on any atom is -0.462 e. The third-order valence-corrected chi connectivity index (χ3v) is 4.35. The molecule has 1 aliphatic heterocycles. The number of fused-ring (bicyclic) bond motifs is 1. The first-order chi connectivity index (χ1) is 13.1. The Kier molecular flexibility index (Phi) is 6.74. The van der Waals surface area contributed by atoms with Crippen molar-refractivity contribution in [1.29, 1.82) is 0 Å². The van der Waals surface area contributed by atoms with Gasteiger partial charge in [0.1, 0.15) is 17.0 Å². The Labute approximate surface area is 175 Å². The second kappa shape index (κ2) is 8.54. The van der Waals surface area contributed by atoms with Gasteiger partial charge in [-0.3, -0.25) is 9.48 Å². The molecule has 1 aromatic heterocycles. The number of benzene rings is 1. The van der Waals surface area contributed by atoms with E-state index in [1.165, 1.54) is 27.9 Å². The van der Waals surface area contributed by atoms with Crippen molar-refractivity contribution >= 4 is 42.7 Å². The van der Waals surface area contributed by atoms with Crippen LogP contribution in [0.3, 0.4) is 0 Å². The summed E-state index contributed by atoms with van der Waals surface area (Å²) in [6.45, 7) is 3.74. The van der Waals surface area contributed by atoms with Crippen LogP contribution in [0.15, 0.2) is 24.4 Å². The highest BCUT2D eigenvalue weighted by Gasteiger charge is 2.36. The number of anilines is 1. The molecule has 29 heavy (non-hydrogen) atoms. The van der Waals surface area contributed by atoms with Crippen molar-refractivity contribution in [3.63, 3.8) is 0 Å². The second-order valence-electron chi connectivity index (χ2n) is 6.00. The highest BCUT2D eigenvalue weighted by atomic mass is 35.5. The number of carbonyl (C=O) groups excluding carboxylic acids is 2. The Morgan fingerprint density at radius 2 is 2.07 bits per heavy atom. The van der Waals surface area contributed by atoms with Gasteiger partial charge in [-0.1, -0.05) is 11.6 Å². The molecule has 0 saturated heterocycles. The lowest BCUT2D eigenvalue weighted by atomic mass is 10.1. The summed E-state index contributed by atoms with van der Waals surface area (Å²) in [4.78, 5) is 26.4. The minimum atomic E-state index is -4.89. The van der Waals surface area contributed by atoms with Crippen LogP contribution in [0, 0.1) is 0 Å². The Morgan fingerprint density at radius 1 is 1.38 bits per heavy atom. The van der Waals surface area contributed by atoms with Gasteiger partial charge in [-0.05, 0) is 32.0 Å². The predicted octanol–water partition coefficient (Wildman–Crippen LogP) is 3.95. The maximum Gasteiger partial charge on any atom is 0.573 e. The number of hydrogen-bond donors (Lipinski definition) is 0. The first-order valence-corrected chi connectivity index (χ1v) is 8.62. The lowest BCUT2D eigenvalue weighted by molar-refractivity contribution is -0.274. The summed E-state index contributed by atoms with van der Waals surface area (Å²) in [5.74, 6) is -1.80. The maximum atomic E-state index is 13.0. The Bertz CT molecular complexity index is 935. The van der Waals surface area contributed by atoms with E-state index in [4.69, 9.17) is 16.3 Å². The van der Waals surface area contributed by atoms with Crippen LogP contribution in [0.2, 0.25) is 5.02 Å². The quantitative estimate of drug-likeness (QED) is 0.658. The van der Waals surface area contributed by atoms with E-state index in [1.807, 2.05) is 0 Å². The molecule has 2 aromatic rings. The molecule has 1 atom stereocenters. The van der Waals surface area contributed by atoms with Crippen LogP contribution in [0.25, 0.3) is 0 Å². The van der Waals surface area contributed by atoms with Crippen molar-refractivity contribution in [1.82, 2.24) is 9.78 Å². The van der Waals surface area contributed by atoms with E-state index in [1.54, 1.807) is 13.8 Å². The fourth-order valence-electron chi connectivity index (χ4n) is 2.91. The number of nitrogens with zero attached hydrogens (tertiary/aromatic N) is 3. The minimum absolute atomic E-state index is 0. The molecule has 12 heteroatoms. The monoisotopic (exact) mass is 451 g/mol. The molecule has 7 nitrogen and oxygen atoms in total. The summed E-state index contributed by atoms with van der Waals surface area (Å²) >= 11 is 5.89. The SMILES string of the molecule is CCOC(=O)c1cnn2c1C(=O)N(c1ccc(OC(F)(F)F)c(Cl)c1)C[C@@H]2C.S. The van der Waals surface area contributed by atoms with E-state index < -0.39 is 24.0 Å². The molecule has 0 aliphatic carbocycles. The van der Waals surface area contributed by atoms with Crippen LogP contribution in [0.1, 0.15) is 40.7 Å². The number of aromatic nitrogens is 2. The smallest absolute Gasteiger partial charge is 0.462 e. The number of ether oxygens (including phenoxy) is 2. The molecule has 0 spiro atoms. The average Bonchev–Trinajstić information content (AvgIpc) is 3.05. The molecule has 1 aromatic carbocycles. The molecular formula is C17H17ClF3N3O4S. The van der Waals surface area contributed by atoms with E-state index in [0.717, 1.165) is 6.07 Å². The lowest BCUT2D eigenvalue weighted by Crippen LogP contribution is -2.43. The van der Waals surface area contributed by atoms with Gasteiger partial charge in [0.2, 0.25) is 0 Å². The van der Waals surface area contributed by atoms with Crippen LogP contribution >= 0.6 is 25.1 Å². The number of halogens is 4. The van der Waals surface area contributed by atoms with Gasteiger partial charge in [-0.2, -0.15) is 18.6 Å². The van der Waals surface area contributed by atoms with Gasteiger partial charge in [-0.15, -0.1) is 13.2 Å². The fraction of sp³-hybridized carbons (Fsp3) is 0.353. The van der Waals surface area contributed by atoms with Crippen LogP contribution in [0.5, 0.6) is 5.75 Å². The van der Waals surface area contributed by atoms with Gasteiger partial charge in [0.15, 0.2) is 0 Å². The number of hydrogen-bond acceptors (Lipinski definition) is 5. The van der Waals surface area contributed by atoms with E-state index in [-0.39, 0.29) is 54.7 Å². The number of esters is 1. The first kappa shape index (κ1) is 22.9. The normalized spacial score (nSPS) is 16.1. The summed E-state index contributed by atoms with van der Waals surface area (Å²) in [6, 6.07) is 3.22. The zero-order valence-corrected chi connectivity index (χ0v) is 17.0. The predicted molar refractivity (Wildman–Crippen MR) is 103 cm³/mol. The summed E-state index contributed by atoms with van der Waals surface area (Å²) in [5, 5.41) is 3.78. The first-order valence-electron chi connectivity index (χ1n) is 8.24. The second-order valence-corrected chi connectivity index (χ2v) is 6.41. The van der Waals surface area contributed by atoms with Gasteiger partial charge in [0.25, 0.3) is 5.91 Å². The summed E-state index contributed by atoms with van der Waals surface area (Å²) in [6.07, 6.45) is -3.62. The fourth-order valence-corrected chi connectivity index (χ4v) is 3.12. The van der Waals surface area contributed by atoms with Crippen molar-refractivity contribution in [3.8, 4) is 5.75 Å². The maximum absolute atomic E-state index is 13.0. The lowest BCUT2D eigenvalue weighted by Gasteiger charge is -2.32. The molecule has 0 radical (unpaired) electrons. The molecule has 2 heterocycles. The van der Waals surface area contributed by atoms with Crippen LogP contribution in [0.4, 0.5) is 18.9 Å². The van der Waals surface area contributed by atoms with E-state index in [0.29, 0.717) is 0 Å². The van der Waals surface area contributed by atoms with Gasteiger partial charge in [0.05, 0.1) is 23.9 Å². The van der Waals surface area contributed by atoms with E-state index in [9.17, 15) is 22.8 Å². The van der Waals surface area contributed by atoms with Crippen molar-refractivity contribution in [2.24, 2.45) is 0 Å². The Balaban J connectivity index is 0.00000300. The largest absolute Gasteiger partial charge is 0.573 e. The number of carbonyl (C=O) groups is 2. The molecular weight excluding hydrogens is 435 g/mol. The summed E-state index contributed by atoms with van der Waals surface area (Å²) in [5.41, 5.74) is 0.328. The highest BCUT2D eigenvalue weighted by Crippen LogP contribution is 2.35. The van der Waals surface area contributed by atoms with Gasteiger partial charge in [-0.25, -0.2) is 4.79 Å². The van der Waals surface area contributed by atoms with Gasteiger partial charge >= 0.3 is 12.3 Å². The van der Waals surface area contributed by atoms with Gasteiger partial charge in [0, 0.05) is 12.2 Å². The van der Waals surface area contributed by atoms with Crippen molar-refractivity contribution in [2.45, 2.75) is 26.3 Å². The van der Waals surface area contributed by atoms with Crippen molar-refractivity contribution < 1.29 is 32.2 Å².